The van der Waals surface area contributed by atoms with Gasteiger partial charge in [0.15, 0.2) is 0 Å². The van der Waals surface area contributed by atoms with Crippen molar-refractivity contribution < 1.29 is 9.47 Å². The van der Waals surface area contributed by atoms with Gasteiger partial charge in [0.05, 0.1) is 25.4 Å². The molecule has 2 N–H and O–H groups in total. The largest absolute Gasteiger partial charge is 0.379 e. The zero-order valence-electron chi connectivity index (χ0n) is 11.1. The van der Waals surface area contributed by atoms with Crippen molar-refractivity contribution in [3.8, 4) is 0 Å². The lowest BCUT2D eigenvalue weighted by Gasteiger charge is -2.33. The Hall–Kier alpha value is -0.200. The van der Waals surface area contributed by atoms with Crippen molar-refractivity contribution in [2.45, 2.75) is 24.4 Å². The third kappa shape index (κ3) is 2.86. The van der Waals surface area contributed by atoms with Crippen LogP contribution in [0.5, 0.6) is 0 Å². The summed E-state index contributed by atoms with van der Waals surface area (Å²) in [4.78, 5) is 5.10. The molecule has 5 nitrogen and oxygen atoms in total. The SMILES string of the molecule is NC1(CN2CCC(N3CCOCC3)C2)CCOC1. The van der Waals surface area contributed by atoms with Gasteiger partial charge in [-0.3, -0.25) is 9.80 Å². The molecule has 18 heavy (non-hydrogen) atoms. The first kappa shape index (κ1) is 12.8. The normalized spacial score (nSPS) is 39.5. The minimum atomic E-state index is -0.0973. The van der Waals surface area contributed by atoms with E-state index in [0.717, 1.165) is 52.5 Å². The van der Waals surface area contributed by atoms with Crippen LogP contribution in [-0.2, 0) is 9.47 Å². The molecular weight excluding hydrogens is 230 g/mol. The number of likely N-dealkylation sites (tertiary alicyclic amines) is 1. The predicted octanol–water partition coefficient (Wildman–Crippen LogP) is -0.489. The summed E-state index contributed by atoms with van der Waals surface area (Å²) in [5, 5.41) is 0. The van der Waals surface area contributed by atoms with Crippen molar-refractivity contribution in [2.75, 3.05) is 59.2 Å². The molecule has 0 aliphatic carbocycles. The topological polar surface area (TPSA) is 51.0 Å². The van der Waals surface area contributed by atoms with E-state index in [4.69, 9.17) is 15.2 Å². The van der Waals surface area contributed by atoms with Gasteiger partial charge < -0.3 is 15.2 Å². The van der Waals surface area contributed by atoms with Gasteiger partial charge >= 0.3 is 0 Å². The fourth-order valence-electron chi connectivity index (χ4n) is 3.39. The van der Waals surface area contributed by atoms with Crippen LogP contribution in [0.2, 0.25) is 0 Å². The van der Waals surface area contributed by atoms with Crippen LogP contribution >= 0.6 is 0 Å². The van der Waals surface area contributed by atoms with Crippen molar-refractivity contribution in [1.29, 1.82) is 0 Å². The van der Waals surface area contributed by atoms with Gasteiger partial charge in [0.2, 0.25) is 0 Å². The maximum Gasteiger partial charge on any atom is 0.0659 e. The van der Waals surface area contributed by atoms with Crippen LogP contribution in [0.1, 0.15) is 12.8 Å². The quantitative estimate of drug-likeness (QED) is 0.737. The lowest BCUT2D eigenvalue weighted by atomic mass is 10.00. The van der Waals surface area contributed by atoms with Crippen LogP contribution < -0.4 is 5.73 Å². The van der Waals surface area contributed by atoms with E-state index in [1.54, 1.807) is 0 Å². The minimum Gasteiger partial charge on any atom is -0.379 e. The molecule has 0 aromatic carbocycles. The second-order valence-corrected chi connectivity index (χ2v) is 5.99. The van der Waals surface area contributed by atoms with E-state index in [0.29, 0.717) is 6.04 Å². The zero-order valence-corrected chi connectivity index (χ0v) is 11.1. The van der Waals surface area contributed by atoms with E-state index in [2.05, 4.69) is 9.80 Å². The molecule has 3 rings (SSSR count). The van der Waals surface area contributed by atoms with E-state index in [9.17, 15) is 0 Å². The number of rotatable bonds is 3. The number of nitrogens with two attached hydrogens (primary N) is 1. The Kier molecular flexibility index (Phi) is 3.86. The summed E-state index contributed by atoms with van der Waals surface area (Å²) in [6, 6.07) is 0.708. The molecule has 0 aromatic heterocycles. The first-order valence-electron chi connectivity index (χ1n) is 7.16. The second-order valence-electron chi connectivity index (χ2n) is 5.99. The Labute approximate surface area is 109 Å². The summed E-state index contributed by atoms with van der Waals surface area (Å²) in [7, 11) is 0. The van der Waals surface area contributed by atoms with Crippen molar-refractivity contribution in [3.63, 3.8) is 0 Å². The molecule has 2 atom stereocenters. The number of ether oxygens (including phenoxy) is 2. The van der Waals surface area contributed by atoms with E-state index < -0.39 is 0 Å². The fraction of sp³-hybridized carbons (Fsp3) is 1.00. The molecule has 3 aliphatic heterocycles. The van der Waals surface area contributed by atoms with Crippen molar-refractivity contribution >= 4 is 0 Å². The lowest BCUT2D eigenvalue weighted by molar-refractivity contribution is 0.0180. The highest BCUT2D eigenvalue weighted by molar-refractivity contribution is 4.94. The number of hydrogen-bond donors (Lipinski definition) is 1. The van der Waals surface area contributed by atoms with Crippen LogP contribution in [-0.4, -0.2) is 80.5 Å². The molecule has 0 saturated carbocycles. The first-order valence-corrected chi connectivity index (χ1v) is 7.16. The summed E-state index contributed by atoms with van der Waals surface area (Å²) in [5.41, 5.74) is 6.27. The average molecular weight is 255 g/mol. The molecule has 3 saturated heterocycles. The standard InChI is InChI=1S/C13H25N3O2/c14-13(2-6-18-11-13)10-15-3-1-12(9-15)16-4-7-17-8-5-16/h12H,1-11,14H2. The third-order valence-corrected chi connectivity index (χ3v) is 4.48. The van der Waals surface area contributed by atoms with Crippen LogP contribution in [0, 0.1) is 0 Å². The molecule has 0 bridgehead atoms. The highest BCUT2D eigenvalue weighted by Gasteiger charge is 2.36. The summed E-state index contributed by atoms with van der Waals surface area (Å²) < 4.78 is 10.9. The lowest BCUT2D eigenvalue weighted by Crippen LogP contribution is -2.51. The van der Waals surface area contributed by atoms with E-state index >= 15 is 0 Å². The zero-order chi connectivity index (χ0) is 12.4. The minimum absolute atomic E-state index is 0.0973. The van der Waals surface area contributed by atoms with Gasteiger partial charge in [-0.25, -0.2) is 0 Å². The molecular formula is C13H25N3O2. The molecule has 0 spiro atoms. The summed E-state index contributed by atoms with van der Waals surface area (Å²) in [5.74, 6) is 0. The Morgan fingerprint density at radius 2 is 1.94 bits per heavy atom. The van der Waals surface area contributed by atoms with Gasteiger partial charge in [-0.1, -0.05) is 0 Å². The Morgan fingerprint density at radius 3 is 2.67 bits per heavy atom. The Bertz CT molecular complexity index is 275. The average Bonchev–Trinajstić information content (AvgIpc) is 3.00. The number of morpholine rings is 1. The first-order chi connectivity index (χ1) is 8.75. The van der Waals surface area contributed by atoms with E-state index in [-0.39, 0.29) is 5.54 Å². The monoisotopic (exact) mass is 255 g/mol. The van der Waals surface area contributed by atoms with Gasteiger partial charge in [0.25, 0.3) is 0 Å². The highest BCUT2D eigenvalue weighted by atomic mass is 16.5. The Balaban J connectivity index is 1.48. The van der Waals surface area contributed by atoms with Gasteiger partial charge in [0, 0.05) is 38.8 Å². The van der Waals surface area contributed by atoms with Crippen LogP contribution in [0.4, 0.5) is 0 Å². The van der Waals surface area contributed by atoms with Gasteiger partial charge in [-0.2, -0.15) is 0 Å². The molecule has 3 heterocycles. The molecule has 0 aromatic rings. The third-order valence-electron chi connectivity index (χ3n) is 4.48. The van der Waals surface area contributed by atoms with Gasteiger partial charge in [-0.05, 0) is 19.4 Å². The van der Waals surface area contributed by atoms with Gasteiger partial charge in [-0.15, -0.1) is 0 Å². The summed E-state index contributed by atoms with van der Waals surface area (Å²) in [6.07, 6.45) is 2.28. The highest BCUT2D eigenvalue weighted by Crippen LogP contribution is 2.22. The maximum absolute atomic E-state index is 6.36. The molecule has 3 aliphatic rings. The molecule has 3 fully saturated rings. The number of hydrogen-bond acceptors (Lipinski definition) is 5. The smallest absolute Gasteiger partial charge is 0.0659 e. The number of nitrogens with zero attached hydrogens (tertiary/aromatic N) is 2. The molecule has 0 radical (unpaired) electrons. The summed E-state index contributed by atoms with van der Waals surface area (Å²) in [6.45, 7) is 8.87. The molecule has 5 heteroatoms. The van der Waals surface area contributed by atoms with Crippen molar-refractivity contribution in [2.24, 2.45) is 5.73 Å². The van der Waals surface area contributed by atoms with Crippen LogP contribution in [0.25, 0.3) is 0 Å². The Morgan fingerprint density at radius 1 is 1.11 bits per heavy atom. The van der Waals surface area contributed by atoms with Crippen LogP contribution in [0.3, 0.4) is 0 Å². The van der Waals surface area contributed by atoms with E-state index in [1.165, 1.54) is 19.5 Å². The fourth-order valence-corrected chi connectivity index (χ4v) is 3.39. The maximum atomic E-state index is 6.36. The van der Waals surface area contributed by atoms with Crippen LogP contribution in [0.15, 0.2) is 0 Å². The molecule has 104 valence electrons. The second kappa shape index (κ2) is 5.43. The predicted molar refractivity (Wildman–Crippen MR) is 69.6 cm³/mol. The van der Waals surface area contributed by atoms with Crippen molar-refractivity contribution in [3.05, 3.63) is 0 Å². The molecule has 2 unspecified atom stereocenters. The molecule has 0 amide bonds. The van der Waals surface area contributed by atoms with E-state index in [1.807, 2.05) is 0 Å². The summed E-state index contributed by atoms with van der Waals surface area (Å²) >= 11 is 0. The van der Waals surface area contributed by atoms with Crippen molar-refractivity contribution in [1.82, 2.24) is 9.80 Å². The van der Waals surface area contributed by atoms with Gasteiger partial charge in [0.1, 0.15) is 0 Å².